The van der Waals surface area contributed by atoms with E-state index in [0.29, 0.717) is 0 Å². The molecule has 2 rings (SSSR count). The van der Waals surface area contributed by atoms with E-state index in [9.17, 15) is 0 Å². The molecule has 100 valence electrons. The Morgan fingerprint density at radius 1 is 1.06 bits per heavy atom. The summed E-state index contributed by atoms with van der Waals surface area (Å²) in [4.78, 5) is 2.68. The van der Waals surface area contributed by atoms with Crippen molar-refractivity contribution in [3.8, 4) is 0 Å². The second-order valence-corrected chi connectivity index (χ2v) is 6.30. The molecular formula is C15H30N2. The molecule has 0 amide bonds. The van der Waals surface area contributed by atoms with E-state index in [1.165, 1.54) is 64.6 Å². The summed E-state index contributed by atoms with van der Waals surface area (Å²) in [6, 6.07) is 1.62. The maximum atomic E-state index is 3.76. The first-order chi connectivity index (χ1) is 8.25. The van der Waals surface area contributed by atoms with Crippen molar-refractivity contribution < 1.29 is 0 Å². The van der Waals surface area contributed by atoms with Gasteiger partial charge in [-0.15, -0.1) is 0 Å². The minimum atomic E-state index is 0.798. The van der Waals surface area contributed by atoms with Crippen LogP contribution < -0.4 is 5.32 Å². The van der Waals surface area contributed by atoms with Crippen LogP contribution in [-0.2, 0) is 0 Å². The SMILES string of the molecule is CC1CCN(CCNC2CCCCC2)C(C)C1. The van der Waals surface area contributed by atoms with Gasteiger partial charge in [0.15, 0.2) is 0 Å². The molecule has 1 N–H and O–H groups in total. The van der Waals surface area contributed by atoms with Gasteiger partial charge in [-0.2, -0.15) is 0 Å². The van der Waals surface area contributed by atoms with Crippen LogP contribution in [0.2, 0.25) is 0 Å². The molecule has 1 aliphatic carbocycles. The van der Waals surface area contributed by atoms with E-state index >= 15 is 0 Å². The molecule has 2 nitrogen and oxygen atoms in total. The molecular weight excluding hydrogens is 208 g/mol. The van der Waals surface area contributed by atoms with Crippen molar-refractivity contribution >= 4 is 0 Å². The predicted octanol–water partition coefficient (Wildman–Crippen LogP) is 3.03. The Morgan fingerprint density at radius 3 is 2.53 bits per heavy atom. The molecule has 2 unspecified atom stereocenters. The highest BCUT2D eigenvalue weighted by Gasteiger charge is 2.22. The van der Waals surface area contributed by atoms with Gasteiger partial charge in [0.2, 0.25) is 0 Å². The van der Waals surface area contributed by atoms with Crippen LogP contribution in [0.5, 0.6) is 0 Å². The Hall–Kier alpha value is -0.0800. The van der Waals surface area contributed by atoms with Gasteiger partial charge in [-0.1, -0.05) is 26.2 Å². The minimum Gasteiger partial charge on any atom is -0.313 e. The summed E-state index contributed by atoms with van der Waals surface area (Å²) in [5, 5.41) is 3.76. The quantitative estimate of drug-likeness (QED) is 0.810. The summed E-state index contributed by atoms with van der Waals surface area (Å²) in [5.74, 6) is 0.938. The molecule has 2 aliphatic rings. The molecule has 1 saturated heterocycles. The Labute approximate surface area is 107 Å². The molecule has 2 atom stereocenters. The molecule has 1 heterocycles. The summed E-state index contributed by atoms with van der Waals surface area (Å²) in [5.41, 5.74) is 0. The van der Waals surface area contributed by atoms with Gasteiger partial charge < -0.3 is 5.32 Å². The van der Waals surface area contributed by atoms with Gasteiger partial charge in [-0.05, 0) is 45.1 Å². The molecule has 0 aromatic heterocycles. The van der Waals surface area contributed by atoms with E-state index in [1.807, 2.05) is 0 Å². The van der Waals surface area contributed by atoms with E-state index in [4.69, 9.17) is 0 Å². The summed E-state index contributed by atoms with van der Waals surface area (Å²) in [6.45, 7) is 8.56. The fourth-order valence-electron chi connectivity index (χ4n) is 3.51. The zero-order valence-corrected chi connectivity index (χ0v) is 11.8. The summed E-state index contributed by atoms with van der Waals surface area (Å²) >= 11 is 0. The Bertz CT molecular complexity index is 211. The van der Waals surface area contributed by atoms with E-state index in [0.717, 1.165) is 18.0 Å². The highest BCUT2D eigenvalue weighted by atomic mass is 15.2. The van der Waals surface area contributed by atoms with Gasteiger partial charge in [-0.25, -0.2) is 0 Å². The average molecular weight is 238 g/mol. The second-order valence-electron chi connectivity index (χ2n) is 6.30. The van der Waals surface area contributed by atoms with Crippen molar-refractivity contribution in [2.75, 3.05) is 19.6 Å². The summed E-state index contributed by atoms with van der Waals surface area (Å²) < 4.78 is 0. The van der Waals surface area contributed by atoms with E-state index in [2.05, 4.69) is 24.1 Å². The number of nitrogens with zero attached hydrogens (tertiary/aromatic N) is 1. The second kappa shape index (κ2) is 6.75. The highest BCUT2D eigenvalue weighted by Crippen LogP contribution is 2.21. The molecule has 0 aromatic carbocycles. The topological polar surface area (TPSA) is 15.3 Å². The summed E-state index contributed by atoms with van der Waals surface area (Å²) in [6.07, 6.45) is 9.94. The molecule has 0 radical (unpaired) electrons. The first-order valence-electron chi connectivity index (χ1n) is 7.73. The lowest BCUT2D eigenvalue weighted by atomic mass is 9.93. The standard InChI is InChI=1S/C15H30N2/c1-13-8-10-17(14(2)12-13)11-9-16-15-6-4-3-5-7-15/h13-16H,3-12H2,1-2H3. The number of hydrogen-bond donors (Lipinski definition) is 1. The van der Waals surface area contributed by atoms with Crippen molar-refractivity contribution in [2.45, 2.75) is 70.9 Å². The third-order valence-corrected chi connectivity index (χ3v) is 4.71. The first-order valence-corrected chi connectivity index (χ1v) is 7.73. The number of hydrogen-bond acceptors (Lipinski definition) is 2. The van der Waals surface area contributed by atoms with Gasteiger partial charge >= 0.3 is 0 Å². The number of likely N-dealkylation sites (tertiary alicyclic amines) is 1. The molecule has 2 fully saturated rings. The Morgan fingerprint density at radius 2 is 1.82 bits per heavy atom. The third-order valence-electron chi connectivity index (χ3n) is 4.71. The fourth-order valence-corrected chi connectivity index (χ4v) is 3.51. The lowest BCUT2D eigenvalue weighted by molar-refractivity contribution is 0.128. The van der Waals surface area contributed by atoms with Crippen LogP contribution in [-0.4, -0.2) is 36.6 Å². The van der Waals surface area contributed by atoms with Crippen molar-refractivity contribution in [1.29, 1.82) is 0 Å². The zero-order chi connectivity index (χ0) is 12.1. The molecule has 0 spiro atoms. The maximum absolute atomic E-state index is 3.76. The predicted molar refractivity (Wildman–Crippen MR) is 74.3 cm³/mol. The smallest absolute Gasteiger partial charge is 0.0110 e. The van der Waals surface area contributed by atoms with Crippen LogP contribution in [0, 0.1) is 5.92 Å². The molecule has 17 heavy (non-hydrogen) atoms. The van der Waals surface area contributed by atoms with Gasteiger partial charge in [0.25, 0.3) is 0 Å². The Balaban J connectivity index is 1.61. The highest BCUT2D eigenvalue weighted by molar-refractivity contribution is 4.78. The van der Waals surface area contributed by atoms with Crippen molar-refractivity contribution in [2.24, 2.45) is 5.92 Å². The molecule has 0 aromatic rings. The van der Waals surface area contributed by atoms with E-state index in [-0.39, 0.29) is 0 Å². The largest absolute Gasteiger partial charge is 0.313 e. The van der Waals surface area contributed by atoms with Gasteiger partial charge in [-0.3, -0.25) is 4.90 Å². The van der Waals surface area contributed by atoms with Crippen molar-refractivity contribution in [3.63, 3.8) is 0 Å². The first kappa shape index (κ1) is 13.4. The lowest BCUT2D eigenvalue weighted by Gasteiger charge is -2.37. The molecule has 1 aliphatic heterocycles. The van der Waals surface area contributed by atoms with Gasteiger partial charge in [0, 0.05) is 25.2 Å². The normalized spacial score (nSPS) is 32.8. The monoisotopic (exact) mass is 238 g/mol. The van der Waals surface area contributed by atoms with Gasteiger partial charge in [0.1, 0.15) is 0 Å². The van der Waals surface area contributed by atoms with E-state index < -0.39 is 0 Å². The number of rotatable bonds is 4. The fraction of sp³-hybridized carbons (Fsp3) is 1.00. The van der Waals surface area contributed by atoms with Gasteiger partial charge in [0.05, 0.1) is 0 Å². The summed E-state index contributed by atoms with van der Waals surface area (Å²) in [7, 11) is 0. The maximum Gasteiger partial charge on any atom is 0.0110 e. The van der Waals surface area contributed by atoms with Crippen molar-refractivity contribution in [1.82, 2.24) is 10.2 Å². The van der Waals surface area contributed by atoms with Crippen LogP contribution in [0.15, 0.2) is 0 Å². The molecule has 2 heteroatoms. The van der Waals surface area contributed by atoms with Crippen LogP contribution >= 0.6 is 0 Å². The number of nitrogens with one attached hydrogen (secondary N) is 1. The van der Waals surface area contributed by atoms with Crippen molar-refractivity contribution in [3.05, 3.63) is 0 Å². The minimum absolute atomic E-state index is 0.798. The zero-order valence-electron chi connectivity index (χ0n) is 11.8. The number of piperidine rings is 1. The Kier molecular flexibility index (Phi) is 5.30. The lowest BCUT2D eigenvalue weighted by Crippen LogP contribution is -2.45. The van der Waals surface area contributed by atoms with Crippen LogP contribution in [0.4, 0.5) is 0 Å². The van der Waals surface area contributed by atoms with Crippen LogP contribution in [0.1, 0.15) is 58.8 Å². The average Bonchev–Trinajstić information content (AvgIpc) is 2.33. The third kappa shape index (κ3) is 4.26. The van der Waals surface area contributed by atoms with Crippen LogP contribution in [0.25, 0.3) is 0 Å². The molecule has 1 saturated carbocycles. The molecule has 0 bridgehead atoms. The van der Waals surface area contributed by atoms with E-state index in [1.54, 1.807) is 0 Å². The van der Waals surface area contributed by atoms with Crippen LogP contribution in [0.3, 0.4) is 0 Å².